The van der Waals surface area contributed by atoms with Crippen LogP contribution in [0.2, 0.25) is 0 Å². The average molecular weight is 262 g/mol. The summed E-state index contributed by atoms with van der Waals surface area (Å²) in [5, 5.41) is 2.98. The smallest absolute Gasteiger partial charge is 0.274 e. The molecule has 0 aromatic carbocycles. The van der Waals surface area contributed by atoms with Crippen LogP contribution in [0.25, 0.3) is 0 Å². The minimum absolute atomic E-state index is 0.0813. The number of thiazole rings is 1. The Bertz CT molecular complexity index is 486. The molecule has 0 radical (unpaired) electrons. The molecule has 0 aliphatic rings. The molecule has 0 saturated heterocycles. The number of rotatable bonds is 5. The van der Waals surface area contributed by atoms with E-state index in [9.17, 15) is 4.79 Å². The topological polar surface area (TPSA) is 59.0 Å². The second-order valence-electron chi connectivity index (χ2n) is 3.65. The minimum atomic E-state index is -0.0813. The van der Waals surface area contributed by atoms with Gasteiger partial charge in [-0.05, 0) is 6.92 Å². The van der Waals surface area contributed by atoms with Gasteiger partial charge in [0.2, 0.25) is 0 Å². The number of hydrogen-bond acceptors (Lipinski definition) is 5. The van der Waals surface area contributed by atoms with Gasteiger partial charge in [-0.3, -0.25) is 9.78 Å². The number of carbonyl (C=O) groups is 1. The van der Waals surface area contributed by atoms with Crippen molar-refractivity contribution in [2.24, 2.45) is 0 Å². The number of aromatic nitrogens is 3. The molecular weight excluding hydrogens is 248 g/mol. The van der Waals surface area contributed by atoms with Gasteiger partial charge in [-0.1, -0.05) is 0 Å². The molecule has 2 rings (SSSR count). The summed E-state index contributed by atoms with van der Waals surface area (Å²) in [7, 11) is 0. The highest BCUT2D eigenvalue weighted by Gasteiger charge is 2.15. The van der Waals surface area contributed by atoms with Crippen LogP contribution < -0.4 is 0 Å². The van der Waals surface area contributed by atoms with E-state index in [-0.39, 0.29) is 5.91 Å². The van der Waals surface area contributed by atoms with Crippen LogP contribution in [-0.4, -0.2) is 38.8 Å². The van der Waals surface area contributed by atoms with Crippen LogP contribution in [0.5, 0.6) is 0 Å². The van der Waals surface area contributed by atoms with Crippen molar-refractivity contribution in [2.45, 2.75) is 13.3 Å². The molecule has 0 N–H and O–H groups in total. The number of carbonyl (C=O) groups excluding carboxylic acids is 1. The van der Waals surface area contributed by atoms with Crippen LogP contribution in [0.15, 0.2) is 30.2 Å². The summed E-state index contributed by atoms with van der Waals surface area (Å²) < 4.78 is 0. The summed E-state index contributed by atoms with van der Waals surface area (Å²) in [4.78, 5) is 26.0. The van der Waals surface area contributed by atoms with Crippen molar-refractivity contribution >= 4 is 17.2 Å². The van der Waals surface area contributed by atoms with Crippen molar-refractivity contribution in [1.29, 1.82) is 0 Å². The maximum Gasteiger partial charge on any atom is 0.274 e. The third-order valence-corrected chi connectivity index (χ3v) is 3.37. The van der Waals surface area contributed by atoms with Crippen molar-refractivity contribution < 1.29 is 4.79 Å². The van der Waals surface area contributed by atoms with Gasteiger partial charge in [0, 0.05) is 43.5 Å². The van der Waals surface area contributed by atoms with E-state index in [1.807, 2.05) is 12.3 Å². The second-order valence-corrected chi connectivity index (χ2v) is 4.63. The standard InChI is InChI=1S/C12H14N4OS/c1-2-16(7-3-11-15-6-8-18-11)12(17)10-9-13-4-5-14-10/h4-6,8-9H,2-3,7H2,1H3. The van der Waals surface area contributed by atoms with Gasteiger partial charge in [0.1, 0.15) is 5.69 Å². The lowest BCUT2D eigenvalue weighted by atomic mass is 10.3. The molecule has 0 spiro atoms. The average Bonchev–Trinajstić information content (AvgIpc) is 2.93. The largest absolute Gasteiger partial charge is 0.337 e. The molecule has 5 nitrogen and oxygen atoms in total. The fourth-order valence-electron chi connectivity index (χ4n) is 1.58. The molecule has 0 bridgehead atoms. The van der Waals surface area contributed by atoms with Crippen molar-refractivity contribution in [1.82, 2.24) is 19.9 Å². The van der Waals surface area contributed by atoms with E-state index < -0.39 is 0 Å². The van der Waals surface area contributed by atoms with Crippen molar-refractivity contribution in [3.8, 4) is 0 Å². The number of nitrogens with zero attached hydrogens (tertiary/aromatic N) is 4. The second kappa shape index (κ2) is 6.20. The van der Waals surface area contributed by atoms with Gasteiger partial charge >= 0.3 is 0 Å². The van der Waals surface area contributed by atoms with Gasteiger partial charge in [-0.25, -0.2) is 9.97 Å². The maximum atomic E-state index is 12.1. The first kappa shape index (κ1) is 12.6. The Morgan fingerprint density at radius 3 is 2.83 bits per heavy atom. The van der Waals surface area contributed by atoms with Crippen molar-refractivity contribution in [3.63, 3.8) is 0 Å². The van der Waals surface area contributed by atoms with Gasteiger partial charge in [-0.15, -0.1) is 11.3 Å². The first-order chi connectivity index (χ1) is 8.81. The monoisotopic (exact) mass is 262 g/mol. The molecule has 94 valence electrons. The van der Waals surface area contributed by atoms with Crippen LogP contribution >= 0.6 is 11.3 Å². The van der Waals surface area contributed by atoms with E-state index in [2.05, 4.69) is 15.0 Å². The highest BCUT2D eigenvalue weighted by Crippen LogP contribution is 2.07. The van der Waals surface area contributed by atoms with Crippen LogP contribution in [0.1, 0.15) is 22.4 Å². The Labute approximate surface area is 110 Å². The maximum absolute atomic E-state index is 12.1. The Morgan fingerprint density at radius 2 is 2.22 bits per heavy atom. The zero-order valence-corrected chi connectivity index (χ0v) is 10.9. The Morgan fingerprint density at radius 1 is 1.33 bits per heavy atom. The molecule has 18 heavy (non-hydrogen) atoms. The van der Waals surface area contributed by atoms with Gasteiger partial charge in [-0.2, -0.15) is 0 Å². The zero-order chi connectivity index (χ0) is 12.8. The number of likely N-dealkylation sites (N-methyl/N-ethyl adjacent to an activating group) is 1. The molecule has 2 aromatic heterocycles. The molecule has 2 aromatic rings. The van der Waals surface area contributed by atoms with E-state index >= 15 is 0 Å². The summed E-state index contributed by atoms with van der Waals surface area (Å²) in [5.41, 5.74) is 0.387. The normalized spacial score (nSPS) is 10.3. The molecular formula is C12H14N4OS. The lowest BCUT2D eigenvalue weighted by Gasteiger charge is -2.19. The molecule has 0 aliphatic carbocycles. The molecule has 0 atom stereocenters. The van der Waals surface area contributed by atoms with E-state index in [4.69, 9.17) is 0 Å². The fraction of sp³-hybridized carbons (Fsp3) is 0.333. The van der Waals surface area contributed by atoms with Crippen LogP contribution in [-0.2, 0) is 6.42 Å². The summed E-state index contributed by atoms with van der Waals surface area (Å²) in [6.07, 6.45) is 7.14. The third-order valence-electron chi connectivity index (χ3n) is 2.53. The molecule has 0 aliphatic heterocycles. The van der Waals surface area contributed by atoms with Gasteiger partial charge in [0.25, 0.3) is 5.91 Å². The van der Waals surface area contributed by atoms with Crippen molar-refractivity contribution in [2.75, 3.05) is 13.1 Å². The Kier molecular flexibility index (Phi) is 4.35. The van der Waals surface area contributed by atoms with E-state index in [1.54, 1.807) is 28.6 Å². The summed E-state index contributed by atoms with van der Waals surface area (Å²) in [6, 6.07) is 0. The summed E-state index contributed by atoms with van der Waals surface area (Å²) in [5.74, 6) is -0.0813. The lowest BCUT2D eigenvalue weighted by Crippen LogP contribution is -2.33. The zero-order valence-electron chi connectivity index (χ0n) is 10.1. The summed E-state index contributed by atoms with van der Waals surface area (Å²) in [6.45, 7) is 3.26. The van der Waals surface area contributed by atoms with E-state index in [0.29, 0.717) is 18.8 Å². The van der Waals surface area contributed by atoms with Gasteiger partial charge < -0.3 is 4.90 Å². The molecule has 2 heterocycles. The molecule has 0 saturated carbocycles. The van der Waals surface area contributed by atoms with Crippen LogP contribution in [0, 0.1) is 0 Å². The molecule has 0 unspecified atom stereocenters. The predicted octanol–water partition coefficient (Wildman–Crippen LogP) is 1.64. The van der Waals surface area contributed by atoms with Crippen LogP contribution in [0.4, 0.5) is 0 Å². The van der Waals surface area contributed by atoms with Crippen molar-refractivity contribution in [3.05, 3.63) is 40.9 Å². The van der Waals surface area contributed by atoms with E-state index in [0.717, 1.165) is 11.4 Å². The first-order valence-corrected chi connectivity index (χ1v) is 6.63. The minimum Gasteiger partial charge on any atom is -0.337 e. The first-order valence-electron chi connectivity index (χ1n) is 5.75. The fourth-order valence-corrected chi connectivity index (χ4v) is 2.19. The molecule has 1 amide bonds. The molecule has 6 heteroatoms. The highest BCUT2D eigenvalue weighted by atomic mass is 32.1. The summed E-state index contributed by atoms with van der Waals surface area (Å²) >= 11 is 1.61. The van der Waals surface area contributed by atoms with E-state index in [1.165, 1.54) is 12.4 Å². The van der Waals surface area contributed by atoms with Gasteiger partial charge in [0.15, 0.2) is 0 Å². The predicted molar refractivity (Wildman–Crippen MR) is 69.4 cm³/mol. The third kappa shape index (κ3) is 3.10. The number of hydrogen-bond donors (Lipinski definition) is 0. The molecule has 0 fully saturated rings. The quantitative estimate of drug-likeness (QED) is 0.822. The number of amides is 1. The lowest BCUT2D eigenvalue weighted by molar-refractivity contribution is 0.0760. The Hall–Kier alpha value is -1.82. The highest BCUT2D eigenvalue weighted by molar-refractivity contribution is 7.09. The Balaban J connectivity index is 1.98. The van der Waals surface area contributed by atoms with Crippen LogP contribution in [0.3, 0.4) is 0 Å². The SMILES string of the molecule is CCN(CCc1nccs1)C(=O)c1cnccn1. The van der Waals surface area contributed by atoms with Gasteiger partial charge in [0.05, 0.1) is 11.2 Å².